The standard InChI is InChI=1S/C47H90O12Si8/c1-4-40-60(2,3)50-63(43-30-16-7-17-31-43)55-65(45-34-20-9-21-35-45)53-61(48,41-26-12-5-13-27-41)51-64(44-32-18-8-19-33-44)52-62(49,42-28-14-6-15-29-42)54-66(56-63,46-36-22-10-23-37-46)59-67(57-64,58-65)47-38-24-11-25-39-47/h4,41-49H,1,5-40H2,2-3H3. The van der Waals surface area contributed by atoms with Gasteiger partial charge in [0.15, 0.2) is 8.32 Å². The first-order valence-corrected chi connectivity index (χ1v) is 44.2. The van der Waals surface area contributed by atoms with Crippen LogP contribution in [0.1, 0.15) is 225 Å². The van der Waals surface area contributed by atoms with Crippen molar-refractivity contribution in [2.75, 3.05) is 0 Å². The molecule has 7 aliphatic carbocycles. The fourth-order valence-electron chi connectivity index (χ4n) is 14.7. The van der Waals surface area contributed by atoms with Crippen LogP contribution < -0.4 is 0 Å². The van der Waals surface area contributed by atoms with Gasteiger partial charge >= 0.3 is 61.6 Å². The zero-order chi connectivity index (χ0) is 46.3. The summed E-state index contributed by atoms with van der Waals surface area (Å²) in [4.78, 5) is 28.7. The van der Waals surface area contributed by atoms with Gasteiger partial charge in [0.25, 0.3) is 0 Å². The highest BCUT2D eigenvalue weighted by atomic mass is 28.6. The molecule has 10 aliphatic rings. The Balaban J connectivity index is 1.29. The van der Waals surface area contributed by atoms with Gasteiger partial charge in [0, 0.05) is 38.8 Å². The molecule has 67 heavy (non-hydrogen) atoms. The minimum absolute atomic E-state index is 0.0368. The van der Waals surface area contributed by atoms with Gasteiger partial charge in [-0.3, -0.25) is 0 Å². The molecule has 10 fully saturated rings. The number of hydrogen-bond acceptors (Lipinski definition) is 12. The van der Waals surface area contributed by atoms with Crippen LogP contribution in [-0.2, 0) is 41.2 Å². The number of allylic oxidation sites excluding steroid dienone is 1. The van der Waals surface area contributed by atoms with E-state index in [9.17, 15) is 9.59 Å². The third-order valence-electron chi connectivity index (χ3n) is 18.4. The van der Waals surface area contributed by atoms with E-state index in [2.05, 4.69) is 19.7 Å². The predicted molar refractivity (Wildman–Crippen MR) is 276 cm³/mol. The van der Waals surface area contributed by atoms with Crippen LogP contribution in [0.25, 0.3) is 0 Å². The molecule has 3 heterocycles. The first kappa shape index (κ1) is 51.5. The summed E-state index contributed by atoms with van der Waals surface area (Å²) < 4.78 is 83.1. The molecular weight excluding hydrogens is 981 g/mol. The van der Waals surface area contributed by atoms with Gasteiger partial charge in [-0.2, -0.15) is 0 Å². The molecule has 4 bridgehead atoms. The Morgan fingerprint density at radius 1 is 0.373 bits per heavy atom. The topological polar surface area (TPSA) is 133 Å². The lowest BCUT2D eigenvalue weighted by atomic mass is 10.0. The van der Waals surface area contributed by atoms with Crippen LogP contribution in [0.15, 0.2) is 12.7 Å². The normalized spacial score (nSPS) is 42.9. The van der Waals surface area contributed by atoms with Crippen molar-refractivity contribution in [1.82, 2.24) is 0 Å². The number of fused-ring (bicyclic) bond motifs is 3. The molecule has 2 N–H and O–H groups in total. The van der Waals surface area contributed by atoms with Gasteiger partial charge in [0.05, 0.1) is 0 Å². The van der Waals surface area contributed by atoms with E-state index in [0.29, 0.717) is 0 Å². The summed E-state index contributed by atoms with van der Waals surface area (Å²) in [5.74, 6) is 0. The minimum Gasteiger partial charge on any atom is -0.416 e. The van der Waals surface area contributed by atoms with Gasteiger partial charge in [-0.05, 0) is 109 Å². The first-order chi connectivity index (χ1) is 32.4. The maximum absolute atomic E-state index is 14.4. The smallest absolute Gasteiger partial charge is 0.416 e. The van der Waals surface area contributed by atoms with Crippen LogP contribution >= 0.6 is 0 Å². The lowest BCUT2D eigenvalue weighted by molar-refractivity contribution is -0.0160. The Kier molecular flexibility index (Phi) is 16.4. The van der Waals surface area contributed by atoms with Gasteiger partial charge in [0.2, 0.25) is 0 Å². The predicted octanol–water partition coefficient (Wildman–Crippen LogP) is 13.5. The number of hydrogen-bond donors (Lipinski definition) is 2. The zero-order valence-corrected chi connectivity index (χ0v) is 49.8. The van der Waals surface area contributed by atoms with Crippen molar-refractivity contribution in [1.29, 1.82) is 0 Å². The molecule has 0 aromatic carbocycles. The summed E-state index contributed by atoms with van der Waals surface area (Å²) in [6, 6.07) is 0.730. The van der Waals surface area contributed by atoms with Gasteiger partial charge in [-0.25, -0.2) is 0 Å². The molecule has 0 aromatic rings. The van der Waals surface area contributed by atoms with Crippen LogP contribution in [0.4, 0.5) is 0 Å². The summed E-state index contributed by atoms with van der Waals surface area (Å²) in [5.41, 5.74) is -0.851. The van der Waals surface area contributed by atoms with Crippen LogP contribution in [0.2, 0.25) is 57.9 Å². The molecule has 4 atom stereocenters. The highest BCUT2D eigenvalue weighted by Gasteiger charge is 2.83. The monoisotopic (exact) mass is 1070 g/mol. The van der Waals surface area contributed by atoms with Gasteiger partial charge in [0.1, 0.15) is 0 Å². The summed E-state index contributed by atoms with van der Waals surface area (Å²) in [6.07, 6.45) is 36.6. The summed E-state index contributed by atoms with van der Waals surface area (Å²) in [7, 11) is -32.3. The highest BCUT2D eigenvalue weighted by molar-refractivity contribution is 7.00. The van der Waals surface area contributed by atoms with E-state index in [-0.39, 0.29) is 38.8 Å². The van der Waals surface area contributed by atoms with E-state index in [1.165, 1.54) is 0 Å². The lowest BCUT2D eigenvalue weighted by Gasteiger charge is -2.63. The van der Waals surface area contributed by atoms with Crippen molar-refractivity contribution in [3.05, 3.63) is 12.7 Å². The molecule has 0 aromatic heterocycles. The van der Waals surface area contributed by atoms with Crippen molar-refractivity contribution in [2.45, 2.75) is 283 Å². The Morgan fingerprint density at radius 3 is 0.896 bits per heavy atom. The molecule has 3 saturated heterocycles. The second kappa shape index (κ2) is 21.3. The summed E-state index contributed by atoms with van der Waals surface area (Å²) in [5, 5.41) is 0. The fourth-order valence-corrected chi connectivity index (χ4v) is 63.0. The van der Waals surface area contributed by atoms with Crippen molar-refractivity contribution in [3.8, 4) is 0 Å². The zero-order valence-electron chi connectivity index (χ0n) is 41.8. The second-order valence-electron chi connectivity index (χ2n) is 23.9. The van der Waals surface area contributed by atoms with E-state index in [1.54, 1.807) is 0 Å². The van der Waals surface area contributed by atoms with Crippen molar-refractivity contribution in [3.63, 3.8) is 0 Å². The Labute approximate surface area is 413 Å². The molecule has 382 valence electrons. The van der Waals surface area contributed by atoms with Crippen LogP contribution in [0.5, 0.6) is 0 Å². The van der Waals surface area contributed by atoms with Crippen LogP contribution in [0, 0.1) is 0 Å². The van der Waals surface area contributed by atoms with Gasteiger partial charge < -0.3 is 50.7 Å². The molecule has 20 heteroatoms. The molecule has 3 aliphatic heterocycles. The maximum atomic E-state index is 14.4. The Bertz CT molecular complexity index is 1580. The van der Waals surface area contributed by atoms with Crippen molar-refractivity contribution >= 4 is 69.9 Å². The maximum Gasteiger partial charge on any atom is 0.486 e. The second-order valence-corrected chi connectivity index (χ2v) is 50.3. The quantitative estimate of drug-likeness (QED) is 0.151. The van der Waals surface area contributed by atoms with E-state index in [4.69, 9.17) is 41.2 Å². The van der Waals surface area contributed by atoms with Gasteiger partial charge in [-0.15, -0.1) is 6.58 Å². The summed E-state index contributed by atoms with van der Waals surface area (Å²) >= 11 is 0. The van der Waals surface area contributed by atoms with E-state index < -0.39 is 69.9 Å². The third kappa shape index (κ3) is 10.7. The van der Waals surface area contributed by atoms with Crippen LogP contribution in [0.3, 0.4) is 0 Å². The molecular formula is C47H90O12Si8. The Hall–Kier alpha value is 0.995. The minimum atomic E-state index is -4.40. The summed E-state index contributed by atoms with van der Waals surface area (Å²) in [6.45, 7) is 8.85. The fraction of sp³-hybridized carbons (Fsp3) is 0.957. The number of rotatable bonds is 11. The lowest BCUT2D eigenvalue weighted by Crippen LogP contribution is -2.86. The highest BCUT2D eigenvalue weighted by Crippen LogP contribution is 2.62. The molecule has 0 radical (unpaired) electrons. The molecule has 12 nitrogen and oxygen atoms in total. The van der Waals surface area contributed by atoms with Crippen molar-refractivity contribution in [2.24, 2.45) is 0 Å². The van der Waals surface area contributed by atoms with E-state index in [0.717, 1.165) is 231 Å². The average molecular weight is 1070 g/mol. The third-order valence-corrected chi connectivity index (χ3v) is 54.7. The molecule has 0 spiro atoms. The average Bonchev–Trinajstić information content (AvgIpc) is 3.34. The molecule has 10 rings (SSSR count). The molecule has 4 unspecified atom stereocenters. The van der Waals surface area contributed by atoms with E-state index >= 15 is 0 Å². The molecule has 0 amide bonds. The van der Waals surface area contributed by atoms with Gasteiger partial charge in [-0.1, -0.05) is 141 Å². The molecule has 7 saturated carbocycles. The van der Waals surface area contributed by atoms with E-state index in [1.807, 2.05) is 6.08 Å². The SMILES string of the molecule is C=CC[Si](C)(C)O[Si]1(C2CCCCC2)O[Si]2(C3CCCCC3)O[Si](O)(C3CCCCC3)O[Si]3(C4CCCCC4)O[Si](O)(C4CCCCC4)O[Si](C4CCCCC4)(O1)O[Si](C1CCCCC1)(O3)O2. The largest absolute Gasteiger partial charge is 0.486 e. The van der Waals surface area contributed by atoms with Crippen molar-refractivity contribution < 1.29 is 50.7 Å². The Morgan fingerprint density at radius 2 is 0.612 bits per heavy atom. The van der Waals surface area contributed by atoms with Crippen LogP contribution in [-0.4, -0.2) is 79.5 Å². The first-order valence-electron chi connectivity index (χ1n) is 28.4.